The lowest BCUT2D eigenvalue weighted by Crippen LogP contribution is -1.98. The highest BCUT2D eigenvalue weighted by Crippen LogP contribution is 2.24. The summed E-state index contributed by atoms with van der Waals surface area (Å²) in [5, 5.41) is 11.9. The third-order valence-electron chi connectivity index (χ3n) is 1.96. The molecule has 0 bridgehead atoms. The fourth-order valence-corrected chi connectivity index (χ4v) is 1.97. The Labute approximate surface area is 86.1 Å². The van der Waals surface area contributed by atoms with Gasteiger partial charge in [-0.1, -0.05) is 0 Å². The average molecular weight is 206 g/mol. The Morgan fingerprint density at radius 2 is 2.00 bits per heavy atom. The number of thiophene rings is 1. The molecule has 4 heteroatoms. The lowest BCUT2D eigenvalue weighted by molar-refractivity contribution is 0.220. The van der Waals surface area contributed by atoms with Crippen molar-refractivity contribution < 1.29 is 5.11 Å². The van der Waals surface area contributed by atoms with Crippen molar-refractivity contribution in [3.05, 3.63) is 46.2 Å². The van der Waals surface area contributed by atoms with Gasteiger partial charge in [0.1, 0.15) is 12.4 Å². The van der Waals surface area contributed by atoms with Crippen molar-refractivity contribution in [3.8, 4) is 0 Å². The highest BCUT2D eigenvalue weighted by atomic mass is 32.1. The van der Waals surface area contributed by atoms with Crippen molar-refractivity contribution in [2.24, 2.45) is 0 Å². The van der Waals surface area contributed by atoms with Crippen LogP contribution in [0, 0.1) is 6.92 Å². The van der Waals surface area contributed by atoms with E-state index >= 15 is 0 Å². The van der Waals surface area contributed by atoms with Crippen LogP contribution in [-0.2, 0) is 0 Å². The highest BCUT2D eigenvalue weighted by molar-refractivity contribution is 7.10. The molecule has 1 N–H and O–H groups in total. The van der Waals surface area contributed by atoms with E-state index in [9.17, 15) is 5.11 Å². The Hall–Kier alpha value is -1.26. The van der Waals surface area contributed by atoms with Crippen molar-refractivity contribution in [2.45, 2.75) is 13.0 Å². The van der Waals surface area contributed by atoms with E-state index in [2.05, 4.69) is 9.97 Å². The summed E-state index contributed by atoms with van der Waals surface area (Å²) < 4.78 is 0. The van der Waals surface area contributed by atoms with Gasteiger partial charge in [-0.3, -0.25) is 0 Å². The summed E-state index contributed by atoms with van der Waals surface area (Å²) in [6.07, 6.45) is 4.10. The maximum atomic E-state index is 9.93. The molecule has 72 valence electrons. The molecule has 0 aromatic carbocycles. The van der Waals surface area contributed by atoms with Gasteiger partial charge >= 0.3 is 0 Å². The van der Waals surface area contributed by atoms with Gasteiger partial charge in [-0.15, -0.1) is 11.3 Å². The molecule has 0 aliphatic carbocycles. The van der Waals surface area contributed by atoms with E-state index in [-0.39, 0.29) is 0 Å². The van der Waals surface area contributed by atoms with Crippen molar-refractivity contribution in [1.82, 2.24) is 9.97 Å². The van der Waals surface area contributed by atoms with Crippen LogP contribution in [0.25, 0.3) is 0 Å². The maximum absolute atomic E-state index is 9.93. The molecule has 0 aliphatic rings. The Balaban J connectivity index is 2.29. The standard InChI is InChI=1S/C10H10N2OS/c1-7-2-8(5-14-7)10(13)9-3-11-6-12-4-9/h2-6,10,13H,1H3. The summed E-state index contributed by atoms with van der Waals surface area (Å²) in [7, 11) is 0. The van der Waals surface area contributed by atoms with Crippen LogP contribution in [0.5, 0.6) is 0 Å². The third kappa shape index (κ3) is 1.81. The number of aliphatic hydroxyl groups is 1. The predicted molar refractivity (Wildman–Crippen MR) is 55.1 cm³/mol. The van der Waals surface area contributed by atoms with Gasteiger partial charge in [0.25, 0.3) is 0 Å². The number of hydrogen-bond acceptors (Lipinski definition) is 4. The van der Waals surface area contributed by atoms with Crippen molar-refractivity contribution >= 4 is 11.3 Å². The molecule has 0 fully saturated rings. The maximum Gasteiger partial charge on any atom is 0.115 e. The minimum atomic E-state index is -0.610. The summed E-state index contributed by atoms with van der Waals surface area (Å²) >= 11 is 1.63. The molecule has 2 aromatic heterocycles. The zero-order valence-corrected chi connectivity index (χ0v) is 8.53. The van der Waals surface area contributed by atoms with Gasteiger partial charge in [0.2, 0.25) is 0 Å². The van der Waals surface area contributed by atoms with E-state index in [0.717, 1.165) is 11.1 Å². The van der Waals surface area contributed by atoms with Crippen LogP contribution < -0.4 is 0 Å². The number of rotatable bonds is 2. The quantitative estimate of drug-likeness (QED) is 0.816. The summed E-state index contributed by atoms with van der Waals surface area (Å²) in [5.41, 5.74) is 1.63. The lowest BCUT2D eigenvalue weighted by Gasteiger charge is -2.06. The van der Waals surface area contributed by atoms with Crippen LogP contribution in [0.2, 0.25) is 0 Å². The first-order valence-electron chi connectivity index (χ1n) is 4.25. The monoisotopic (exact) mass is 206 g/mol. The second-order valence-corrected chi connectivity index (χ2v) is 4.18. The smallest absolute Gasteiger partial charge is 0.115 e. The molecule has 2 rings (SSSR count). The largest absolute Gasteiger partial charge is 0.384 e. The predicted octanol–water partition coefficient (Wildman–Crippen LogP) is 1.93. The van der Waals surface area contributed by atoms with E-state index in [0.29, 0.717) is 0 Å². The highest BCUT2D eigenvalue weighted by Gasteiger charge is 2.11. The van der Waals surface area contributed by atoms with Crippen molar-refractivity contribution in [3.63, 3.8) is 0 Å². The fourth-order valence-electron chi connectivity index (χ4n) is 1.25. The molecule has 2 heterocycles. The number of hydrogen-bond donors (Lipinski definition) is 1. The van der Waals surface area contributed by atoms with Gasteiger partial charge in [-0.2, -0.15) is 0 Å². The molecule has 0 saturated heterocycles. The van der Waals surface area contributed by atoms with Crippen LogP contribution in [0.3, 0.4) is 0 Å². The topological polar surface area (TPSA) is 46.0 Å². The molecule has 3 nitrogen and oxygen atoms in total. The van der Waals surface area contributed by atoms with Crippen LogP contribution in [0.1, 0.15) is 22.1 Å². The normalized spacial score (nSPS) is 12.7. The number of nitrogens with zero attached hydrogens (tertiary/aromatic N) is 2. The number of aliphatic hydroxyl groups excluding tert-OH is 1. The van der Waals surface area contributed by atoms with Gasteiger partial charge in [0, 0.05) is 22.8 Å². The van der Waals surface area contributed by atoms with Crippen molar-refractivity contribution in [2.75, 3.05) is 0 Å². The molecular weight excluding hydrogens is 196 g/mol. The summed E-state index contributed by atoms with van der Waals surface area (Å²) in [6.45, 7) is 2.02. The van der Waals surface area contributed by atoms with Crippen LogP contribution in [0.15, 0.2) is 30.2 Å². The first kappa shape index (κ1) is 9.30. The number of aromatic nitrogens is 2. The molecular formula is C10H10N2OS. The van der Waals surface area contributed by atoms with E-state index in [1.807, 2.05) is 18.4 Å². The zero-order valence-electron chi connectivity index (χ0n) is 7.71. The molecule has 0 spiro atoms. The Kier molecular flexibility index (Phi) is 2.56. The Morgan fingerprint density at radius 1 is 1.29 bits per heavy atom. The second-order valence-electron chi connectivity index (χ2n) is 3.07. The Bertz CT molecular complexity index is 413. The van der Waals surface area contributed by atoms with Gasteiger partial charge in [-0.25, -0.2) is 9.97 Å². The summed E-state index contributed by atoms with van der Waals surface area (Å²) in [4.78, 5) is 8.93. The van der Waals surface area contributed by atoms with Crippen LogP contribution >= 0.6 is 11.3 Å². The SMILES string of the molecule is Cc1cc(C(O)c2cncnc2)cs1. The van der Waals surface area contributed by atoms with Crippen molar-refractivity contribution in [1.29, 1.82) is 0 Å². The van der Waals surface area contributed by atoms with Gasteiger partial charge < -0.3 is 5.11 Å². The summed E-state index contributed by atoms with van der Waals surface area (Å²) in [5.74, 6) is 0. The molecule has 14 heavy (non-hydrogen) atoms. The lowest BCUT2D eigenvalue weighted by atomic mass is 10.1. The van der Waals surface area contributed by atoms with E-state index in [1.54, 1.807) is 23.7 Å². The minimum Gasteiger partial charge on any atom is -0.384 e. The minimum absolute atomic E-state index is 0.610. The van der Waals surface area contributed by atoms with E-state index in [1.165, 1.54) is 11.2 Å². The Morgan fingerprint density at radius 3 is 2.57 bits per heavy atom. The third-order valence-corrected chi connectivity index (χ3v) is 2.84. The van der Waals surface area contributed by atoms with Crippen LogP contribution in [-0.4, -0.2) is 15.1 Å². The molecule has 0 aliphatic heterocycles. The molecule has 2 aromatic rings. The molecule has 1 atom stereocenters. The average Bonchev–Trinajstić information content (AvgIpc) is 2.65. The van der Waals surface area contributed by atoms with Gasteiger partial charge in [-0.05, 0) is 23.9 Å². The van der Waals surface area contributed by atoms with E-state index in [4.69, 9.17) is 0 Å². The zero-order chi connectivity index (χ0) is 9.97. The fraction of sp³-hybridized carbons (Fsp3) is 0.200. The van der Waals surface area contributed by atoms with Crippen LogP contribution in [0.4, 0.5) is 0 Å². The first-order valence-corrected chi connectivity index (χ1v) is 5.13. The molecule has 0 radical (unpaired) electrons. The summed E-state index contributed by atoms with van der Waals surface area (Å²) in [6, 6.07) is 1.97. The second kappa shape index (κ2) is 3.86. The number of aryl methyl sites for hydroxylation is 1. The van der Waals surface area contributed by atoms with E-state index < -0.39 is 6.10 Å². The molecule has 1 unspecified atom stereocenters. The first-order chi connectivity index (χ1) is 6.77. The molecule has 0 saturated carbocycles. The van der Waals surface area contributed by atoms with Gasteiger partial charge in [0.15, 0.2) is 0 Å². The molecule has 0 amide bonds. The van der Waals surface area contributed by atoms with Gasteiger partial charge in [0.05, 0.1) is 0 Å².